The van der Waals surface area contributed by atoms with Gasteiger partial charge in [0.25, 0.3) is 0 Å². The summed E-state index contributed by atoms with van der Waals surface area (Å²) in [6.07, 6.45) is 9.16. The number of nitrogens with zero attached hydrogens (tertiary/aromatic N) is 17. The lowest BCUT2D eigenvalue weighted by atomic mass is 10.0. The number of likely N-dealkylation sites (N-methyl/N-ethyl adjacent to an activating group) is 2. The average Bonchev–Trinajstić information content (AvgIpc) is 1.60. The predicted molar refractivity (Wildman–Crippen MR) is 473 cm³/mol. The molecule has 0 atom stereocenters. The Morgan fingerprint density at radius 2 is 0.632 bits per heavy atom. The van der Waals surface area contributed by atoms with Gasteiger partial charge < -0.3 is 52.3 Å². The Kier molecular flexibility index (Phi) is 24.4. The molecule has 5 aliphatic rings. The van der Waals surface area contributed by atoms with Gasteiger partial charge in [-0.3, -0.25) is 0 Å². The van der Waals surface area contributed by atoms with Crippen LogP contribution in [0.2, 0.25) is 5.02 Å². The minimum atomic E-state index is -3.82. The maximum atomic E-state index is 13.3. The van der Waals surface area contributed by atoms with Gasteiger partial charge in [0.15, 0.2) is 81.8 Å². The zero-order valence-electron chi connectivity index (χ0n) is 69.8. The molecule has 0 spiro atoms. The highest BCUT2D eigenvalue weighted by atomic mass is 35.5. The Morgan fingerprint density at radius 3 is 1.01 bits per heavy atom. The maximum absolute atomic E-state index is 13.3. The van der Waals surface area contributed by atoms with Crippen LogP contribution in [0.1, 0.15) is 67.7 Å². The molecule has 41 heteroatoms. The first-order chi connectivity index (χ1) is 60.1. The highest BCUT2D eigenvalue weighted by molar-refractivity contribution is 7.93. The Labute approximate surface area is 727 Å². The molecule has 0 radical (unpaired) electrons. The molecule has 0 aliphatic carbocycles. The third-order valence-corrected chi connectivity index (χ3v) is 31.6. The van der Waals surface area contributed by atoms with Gasteiger partial charge in [0, 0.05) is 196 Å². The fraction of sp³-hybridized carbons (Fsp3) is 0.286. The van der Waals surface area contributed by atoms with Crippen molar-refractivity contribution in [3.05, 3.63) is 237 Å². The number of rotatable bonds is 15. The summed E-state index contributed by atoms with van der Waals surface area (Å²) in [4.78, 5) is 28.5. The van der Waals surface area contributed by atoms with Crippen LogP contribution in [0.4, 0.5) is 29.1 Å². The molecular formula is C84H92ClN25O10S5. The molecule has 15 aromatic rings. The SMILES string of the molecule is CNc1nn2c3c(c(C)nc2c1S(=O)(=O)c1ccccc1)CN(C)CC3.CNc1nn2c3c(c(C)nc2c1S(=O)(=O)c1ccccc1)CNCC3.CNc1nn2c3c(cnc2c1S(=O)(=O)c1cccc(Cl)c1)CNCC3.CNc1nn2c3c(cnc2c1S(=O)(=O)c1ccccc1)CN(C)CC3.CNc1nn2c3c(cnc2c1S(=O)(=O)c1ccccc1)CNCC3. The zero-order chi connectivity index (χ0) is 88.0. The van der Waals surface area contributed by atoms with Gasteiger partial charge in [-0.1, -0.05) is 90.5 Å². The largest absolute Gasteiger partial charge is 0.370 e. The fourth-order valence-corrected chi connectivity index (χ4v) is 24.0. The lowest BCUT2D eigenvalue weighted by Gasteiger charge is -2.26. The Balaban J connectivity index is 0.000000115. The van der Waals surface area contributed by atoms with Crippen molar-refractivity contribution in [3.63, 3.8) is 0 Å². The van der Waals surface area contributed by atoms with Crippen molar-refractivity contribution < 1.29 is 42.1 Å². The second kappa shape index (κ2) is 35.2. The number of anilines is 5. The number of nitrogens with one attached hydrogen (secondary N) is 8. The summed E-state index contributed by atoms with van der Waals surface area (Å²) in [7, 11) is -6.27. The molecule has 0 fully saturated rings. The van der Waals surface area contributed by atoms with E-state index in [1.807, 2.05) is 13.8 Å². The lowest BCUT2D eigenvalue weighted by molar-refractivity contribution is 0.306. The minimum absolute atomic E-state index is 0.0681. The highest BCUT2D eigenvalue weighted by Gasteiger charge is 2.37. The van der Waals surface area contributed by atoms with E-state index in [0.717, 1.165) is 152 Å². The summed E-state index contributed by atoms with van der Waals surface area (Å²) in [5.74, 6) is 1.57. The number of hydrogen-bond acceptors (Lipinski definition) is 30. The summed E-state index contributed by atoms with van der Waals surface area (Å²) >= 11 is 5.98. The van der Waals surface area contributed by atoms with Crippen LogP contribution >= 0.6 is 11.6 Å². The van der Waals surface area contributed by atoms with Crippen LogP contribution in [0.25, 0.3) is 28.2 Å². The van der Waals surface area contributed by atoms with Gasteiger partial charge in [-0.05, 0) is 94.7 Å². The van der Waals surface area contributed by atoms with Crippen LogP contribution in [0.15, 0.2) is 213 Å². The number of aromatic nitrogens is 15. The van der Waals surface area contributed by atoms with E-state index >= 15 is 0 Å². The number of fused-ring (bicyclic) bond motifs is 15. The minimum Gasteiger partial charge on any atom is -0.370 e. The van der Waals surface area contributed by atoms with E-state index in [2.05, 4.69) is 117 Å². The number of benzene rings is 5. The molecule has 15 heterocycles. The summed E-state index contributed by atoms with van der Waals surface area (Å²) in [5, 5.41) is 47.3. The van der Waals surface area contributed by atoms with E-state index < -0.39 is 49.2 Å². The van der Waals surface area contributed by atoms with Gasteiger partial charge in [0.2, 0.25) is 49.2 Å². The molecule has 20 rings (SSSR count). The molecule has 35 nitrogen and oxygen atoms in total. The first-order valence-electron chi connectivity index (χ1n) is 40.2. The van der Waals surface area contributed by atoms with Crippen LogP contribution in [0.5, 0.6) is 0 Å². The molecule has 0 saturated heterocycles. The number of sulfone groups is 5. The Morgan fingerprint density at radius 1 is 0.336 bits per heavy atom. The summed E-state index contributed by atoms with van der Waals surface area (Å²) in [6.45, 7) is 11.9. The van der Waals surface area contributed by atoms with Crippen LogP contribution in [0, 0.1) is 13.8 Å². The van der Waals surface area contributed by atoms with Crippen molar-refractivity contribution in [2.24, 2.45) is 0 Å². The van der Waals surface area contributed by atoms with Crippen molar-refractivity contribution in [2.75, 3.05) is 109 Å². The topological polar surface area (TPSA) is 424 Å². The third-order valence-electron chi connectivity index (χ3n) is 22.4. The Hall–Kier alpha value is -12.0. The van der Waals surface area contributed by atoms with E-state index in [1.54, 1.807) is 210 Å². The maximum Gasteiger partial charge on any atom is 0.214 e. The van der Waals surface area contributed by atoms with Crippen molar-refractivity contribution in [1.82, 2.24) is 98.7 Å². The third kappa shape index (κ3) is 16.1. The molecular weight excluding hydrogens is 1710 g/mol. The van der Waals surface area contributed by atoms with Crippen molar-refractivity contribution >= 4 is 118 Å². The smallest absolute Gasteiger partial charge is 0.214 e. The van der Waals surface area contributed by atoms with Crippen molar-refractivity contribution in [2.45, 2.75) is 128 Å². The number of halogens is 1. The van der Waals surface area contributed by atoms with E-state index in [-0.39, 0.29) is 54.8 Å². The van der Waals surface area contributed by atoms with E-state index in [4.69, 9.17) is 11.6 Å². The first kappa shape index (κ1) is 86.6. The molecule has 125 heavy (non-hydrogen) atoms. The zero-order valence-corrected chi connectivity index (χ0v) is 74.6. The first-order valence-corrected chi connectivity index (χ1v) is 48.0. The van der Waals surface area contributed by atoms with E-state index in [1.165, 1.54) is 12.1 Å². The predicted octanol–water partition coefficient (Wildman–Crippen LogP) is 8.20. The van der Waals surface area contributed by atoms with Crippen molar-refractivity contribution in [3.8, 4) is 0 Å². The van der Waals surface area contributed by atoms with E-state index in [9.17, 15) is 42.1 Å². The van der Waals surface area contributed by atoms with E-state index in [0.29, 0.717) is 69.6 Å². The van der Waals surface area contributed by atoms with Crippen LogP contribution < -0.4 is 42.5 Å². The molecule has 0 bridgehead atoms. The average molecular weight is 1810 g/mol. The molecule has 10 aromatic heterocycles. The van der Waals surface area contributed by atoms with Gasteiger partial charge in [0.1, 0.15) is 0 Å². The standard InChI is InChI=1S/C18H21N5O2S.2C17H19N5O2S.C16H16ClN5O2S.C16H17N5O2S/c1-12-14-11-22(3)10-9-15(14)23-18(20-12)16(17(19-2)21-23)26(24,25)13-7-5-4-6-8-13;1-18-16-15(25(23,24)13-6-4-3-5-7-13)17-19-10-12-11-21(2)9-8-14(12)22(17)20-16;1-11-13-10-19-9-8-14(13)22-17(20-11)15(16(18-2)21-22)25(23,24)12-6-4-3-5-7-12;1-18-15-14(25(23,24)12-4-2-3-11(17)7-12)16-20-9-10-8-19-6-5-13(10)22(16)21-15;1-17-15-14(24(22,23)12-5-3-2-4-6-12)16-19-10-11-9-18-8-7-13(11)21(16)20-15/h4-8H,9-11H2,1-3H3,(H,19,21);3-7,10H,8-9,11H2,1-2H3,(H,18,20);3-7,19H,8-10H2,1-2H3,(H,18,21);2-4,7,9,19H,5-6,8H2,1H3,(H,18,21);2-6,10,18H,7-9H2,1H3,(H,17,20). The van der Waals surface area contributed by atoms with Crippen LogP contribution in [-0.2, 0) is 114 Å². The molecule has 5 aliphatic heterocycles. The number of hydrogen-bond donors (Lipinski definition) is 8. The molecule has 0 unspecified atom stereocenters. The van der Waals surface area contributed by atoms with Gasteiger partial charge >= 0.3 is 0 Å². The van der Waals surface area contributed by atoms with Crippen LogP contribution in [-0.4, -0.2) is 207 Å². The van der Waals surface area contributed by atoms with Gasteiger partial charge in [-0.2, -0.15) is 0 Å². The molecule has 0 saturated carbocycles. The normalized spacial score (nSPS) is 14.8. The van der Waals surface area contributed by atoms with Crippen molar-refractivity contribution in [1.29, 1.82) is 0 Å². The summed E-state index contributed by atoms with van der Waals surface area (Å²) in [5.41, 5.74) is 13.9. The highest BCUT2D eigenvalue weighted by Crippen LogP contribution is 2.39. The summed E-state index contributed by atoms with van der Waals surface area (Å²) in [6, 6.07) is 39.8. The second-order valence-electron chi connectivity index (χ2n) is 30.2. The van der Waals surface area contributed by atoms with Crippen LogP contribution in [0.3, 0.4) is 0 Å². The molecule has 5 aromatic carbocycles. The quantitative estimate of drug-likeness (QED) is 0.0479. The van der Waals surface area contributed by atoms with Gasteiger partial charge in [-0.25, -0.2) is 89.6 Å². The Bertz CT molecular complexity index is 7290. The monoisotopic (exact) mass is 1810 g/mol. The van der Waals surface area contributed by atoms with Gasteiger partial charge in [0.05, 0.1) is 52.9 Å². The second-order valence-corrected chi connectivity index (χ2v) is 40.1. The van der Waals surface area contributed by atoms with Gasteiger partial charge in [-0.15, -0.1) is 25.5 Å². The fourth-order valence-electron chi connectivity index (χ4n) is 16.1. The molecule has 8 N–H and O–H groups in total. The number of aryl methyl sites for hydroxylation is 2. The molecule has 650 valence electrons. The lowest BCUT2D eigenvalue weighted by Crippen LogP contribution is -2.29. The summed E-state index contributed by atoms with van der Waals surface area (Å²) < 4.78 is 140. The molecule has 0 amide bonds.